The molecule has 0 bridgehead atoms. The maximum atomic E-state index is 4.86. The Morgan fingerprint density at radius 1 is 0.522 bits per heavy atom. The van der Waals surface area contributed by atoms with Gasteiger partial charge >= 0.3 is 34.1 Å². The predicted molar refractivity (Wildman–Crippen MR) is 103 cm³/mol. The van der Waals surface area contributed by atoms with Gasteiger partial charge in [-0.05, 0) is 0 Å². The molecule has 0 spiro atoms. The van der Waals surface area contributed by atoms with E-state index in [2.05, 4.69) is 69.2 Å². The molecule has 2 rings (SSSR count). The zero-order chi connectivity index (χ0) is 18.5. The van der Waals surface area contributed by atoms with Crippen LogP contribution in [0.15, 0.2) is 0 Å². The summed E-state index contributed by atoms with van der Waals surface area (Å²) in [6.45, 7) is 22.0. The van der Waals surface area contributed by atoms with Crippen molar-refractivity contribution in [1.82, 2.24) is 0 Å². The van der Waals surface area contributed by atoms with Gasteiger partial charge in [0.1, 0.15) is 0 Å². The second kappa shape index (κ2) is 9.99. The molecule has 0 aliphatic heterocycles. The summed E-state index contributed by atoms with van der Waals surface area (Å²) in [6.07, 6.45) is 0. The van der Waals surface area contributed by atoms with Gasteiger partial charge in [0.25, 0.3) is 0 Å². The van der Waals surface area contributed by atoms with E-state index in [0.717, 1.165) is 0 Å². The summed E-state index contributed by atoms with van der Waals surface area (Å²) >= 11 is -0.368. The maximum absolute atomic E-state index is 4.86. The second-order valence-corrected chi connectivity index (χ2v) is 8.62. The first kappa shape index (κ1) is 22.9. The standard InChI is InChI=1S/2C10H15.2ClH.V/c2*1-6-7(2)9(4)10(5)8(6)3;;;/h2*1-5H3;2*1H;/q2*-1;;;+2/p-2. The van der Waals surface area contributed by atoms with Crippen molar-refractivity contribution in [2.24, 2.45) is 0 Å². The van der Waals surface area contributed by atoms with Gasteiger partial charge in [-0.1, -0.05) is 69.2 Å². The molecule has 0 heterocycles. The van der Waals surface area contributed by atoms with E-state index in [1.165, 1.54) is 55.6 Å². The molecule has 0 unspecified atom stereocenters. The van der Waals surface area contributed by atoms with Crippen LogP contribution in [-0.4, -0.2) is 0 Å². The molecular weight excluding hydrogens is 362 g/mol. The van der Waals surface area contributed by atoms with Crippen LogP contribution in [0.3, 0.4) is 0 Å². The van der Waals surface area contributed by atoms with Crippen LogP contribution in [0.5, 0.6) is 0 Å². The molecule has 0 amide bonds. The van der Waals surface area contributed by atoms with E-state index in [1.807, 2.05) is 0 Å². The van der Waals surface area contributed by atoms with Gasteiger partial charge in [0.05, 0.1) is 0 Å². The average Bonchev–Trinajstić information content (AvgIpc) is 2.80. The van der Waals surface area contributed by atoms with E-state index in [0.29, 0.717) is 0 Å². The fourth-order valence-electron chi connectivity index (χ4n) is 2.81. The van der Waals surface area contributed by atoms with Crippen LogP contribution in [-0.2, 0) is 14.4 Å². The molecule has 0 radical (unpaired) electrons. The fourth-order valence-corrected chi connectivity index (χ4v) is 2.81. The predicted octanol–water partition coefficient (Wildman–Crippen LogP) is 7.27. The summed E-state index contributed by atoms with van der Waals surface area (Å²) in [7, 11) is 9.72. The van der Waals surface area contributed by atoms with Gasteiger partial charge in [-0.25, -0.2) is 0 Å². The molecule has 0 atom stereocenters. The van der Waals surface area contributed by atoms with E-state index in [1.54, 1.807) is 0 Å². The average molecular weight is 392 g/mol. The van der Waals surface area contributed by atoms with E-state index in [9.17, 15) is 0 Å². The van der Waals surface area contributed by atoms with E-state index >= 15 is 0 Å². The van der Waals surface area contributed by atoms with Crippen LogP contribution < -0.4 is 0 Å². The monoisotopic (exact) mass is 391 g/mol. The molecule has 0 fully saturated rings. The third kappa shape index (κ3) is 5.43. The van der Waals surface area contributed by atoms with Crippen LogP contribution in [0.25, 0.3) is 0 Å². The minimum atomic E-state index is -0.368. The first-order valence-corrected chi connectivity index (χ1v) is 11.7. The van der Waals surface area contributed by atoms with Gasteiger partial charge in [0.2, 0.25) is 0 Å². The molecule has 0 aliphatic carbocycles. The Hall–Kier alpha value is -0.136. The van der Waals surface area contributed by atoms with Crippen LogP contribution >= 0.6 is 19.7 Å². The molecule has 2 aromatic carbocycles. The molecule has 0 aromatic heterocycles. The molecular formula is C20H30Cl2V-2. The van der Waals surface area contributed by atoms with Crippen molar-refractivity contribution in [2.75, 3.05) is 0 Å². The van der Waals surface area contributed by atoms with E-state index in [4.69, 9.17) is 19.7 Å². The Kier molecular flexibility index (Phi) is 9.93. The Morgan fingerprint density at radius 2 is 0.652 bits per heavy atom. The fraction of sp³-hybridized carbons (Fsp3) is 0.500. The molecule has 3 heteroatoms. The molecule has 2 aromatic rings. The minimum absolute atomic E-state index is 0.368. The number of hydrogen-bond acceptors (Lipinski definition) is 0. The van der Waals surface area contributed by atoms with Crippen LogP contribution in [0.2, 0.25) is 0 Å². The molecule has 131 valence electrons. The molecule has 0 saturated heterocycles. The van der Waals surface area contributed by atoms with Crippen LogP contribution in [0.4, 0.5) is 0 Å². The summed E-state index contributed by atoms with van der Waals surface area (Å²) in [5.74, 6) is 0. The molecule has 23 heavy (non-hydrogen) atoms. The van der Waals surface area contributed by atoms with Gasteiger partial charge in [-0.3, -0.25) is 0 Å². The van der Waals surface area contributed by atoms with Crippen molar-refractivity contribution in [3.05, 3.63) is 55.6 Å². The summed E-state index contributed by atoms with van der Waals surface area (Å²) in [5, 5.41) is 0. The number of halogens is 2. The SMILES string of the molecule is Cc1c(C)c(C)[c-](C)c1C.Cc1c(C)c(C)[c-](C)c1C.[Cl][V][Cl]. The third-order valence-corrected chi connectivity index (χ3v) is 5.62. The number of rotatable bonds is 0. The zero-order valence-electron chi connectivity index (χ0n) is 16.2. The summed E-state index contributed by atoms with van der Waals surface area (Å²) in [4.78, 5) is 0. The quantitative estimate of drug-likeness (QED) is 0.414. The van der Waals surface area contributed by atoms with Crippen molar-refractivity contribution < 1.29 is 14.4 Å². The molecule has 0 N–H and O–H groups in total. The third-order valence-electron chi connectivity index (χ3n) is 5.62. The zero-order valence-corrected chi connectivity index (χ0v) is 19.1. The van der Waals surface area contributed by atoms with Gasteiger partial charge in [0.15, 0.2) is 0 Å². The van der Waals surface area contributed by atoms with Gasteiger partial charge < -0.3 is 0 Å². The Morgan fingerprint density at radius 3 is 0.696 bits per heavy atom. The Balaban J connectivity index is 0.000000360. The summed E-state index contributed by atoms with van der Waals surface area (Å²) in [5.41, 5.74) is 14.7. The van der Waals surface area contributed by atoms with E-state index < -0.39 is 0 Å². The Bertz CT molecular complexity index is 429. The number of hydrogen-bond donors (Lipinski definition) is 0. The molecule has 0 aliphatic rings. The van der Waals surface area contributed by atoms with Crippen molar-refractivity contribution in [2.45, 2.75) is 69.2 Å². The second-order valence-electron chi connectivity index (χ2n) is 6.31. The normalized spacial score (nSPS) is 9.74. The van der Waals surface area contributed by atoms with Crippen LogP contribution in [0, 0.1) is 69.2 Å². The summed E-state index contributed by atoms with van der Waals surface area (Å²) < 4.78 is 0. The molecule has 0 nitrogen and oxygen atoms in total. The van der Waals surface area contributed by atoms with Gasteiger partial charge in [-0.2, -0.15) is 55.6 Å². The van der Waals surface area contributed by atoms with Crippen molar-refractivity contribution >= 4 is 19.7 Å². The van der Waals surface area contributed by atoms with E-state index in [-0.39, 0.29) is 14.4 Å². The Labute approximate surface area is 158 Å². The first-order valence-electron chi connectivity index (χ1n) is 7.84. The first-order chi connectivity index (χ1) is 10.5. The van der Waals surface area contributed by atoms with Gasteiger partial charge in [0, 0.05) is 0 Å². The van der Waals surface area contributed by atoms with Crippen molar-refractivity contribution in [1.29, 1.82) is 0 Å². The van der Waals surface area contributed by atoms with Crippen LogP contribution in [0.1, 0.15) is 55.6 Å². The molecule has 0 saturated carbocycles. The van der Waals surface area contributed by atoms with Crippen molar-refractivity contribution in [3.63, 3.8) is 0 Å². The summed E-state index contributed by atoms with van der Waals surface area (Å²) in [6, 6.07) is 0. The van der Waals surface area contributed by atoms with Crippen molar-refractivity contribution in [3.8, 4) is 0 Å². The topological polar surface area (TPSA) is 0 Å². The van der Waals surface area contributed by atoms with Gasteiger partial charge in [-0.15, -0.1) is 0 Å².